The molecule has 0 atom stereocenters. The van der Waals surface area contributed by atoms with Gasteiger partial charge in [0.05, 0.1) is 42.4 Å². The van der Waals surface area contributed by atoms with E-state index in [2.05, 4.69) is 10.5 Å². The molecule has 0 aliphatic rings. The van der Waals surface area contributed by atoms with E-state index in [1.54, 1.807) is 24.7 Å². The number of ether oxygens (including phenoxy) is 3. The Bertz CT molecular complexity index is 1270. The predicted octanol–water partition coefficient (Wildman–Crippen LogP) is 5.80. The molecule has 1 N–H and O–H groups in total. The third-order valence-corrected chi connectivity index (χ3v) is 5.80. The number of fused-ring (bicyclic) bond motifs is 1. The number of hydrogen-bond donors (Lipinski definition) is 1. The monoisotopic (exact) mass is 474 g/mol. The molecule has 3 aromatic carbocycles. The maximum Gasteiger partial charge on any atom is 0.183 e. The number of thiazole rings is 1. The van der Waals surface area contributed by atoms with E-state index in [0.717, 1.165) is 32.2 Å². The van der Waals surface area contributed by atoms with Gasteiger partial charge in [0, 0.05) is 0 Å². The Balaban J connectivity index is 1.61. The summed E-state index contributed by atoms with van der Waals surface area (Å²) in [6.07, 6.45) is 1.71. The van der Waals surface area contributed by atoms with Gasteiger partial charge in [-0.2, -0.15) is 5.10 Å². The van der Waals surface area contributed by atoms with Crippen LogP contribution in [0.15, 0.2) is 76.8 Å². The second-order valence-corrected chi connectivity index (χ2v) is 8.12. The van der Waals surface area contributed by atoms with Crippen LogP contribution in [0.5, 0.6) is 17.2 Å². The van der Waals surface area contributed by atoms with Crippen LogP contribution in [0.4, 0.5) is 5.69 Å². The first kappa shape index (κ1) is 23.3. The highest BCUT2D eigenvalue weighted by molar-refractivity contribution is 7.20. The Morgan fingerprint density at radius 2 is 1.76 bits per heavy atom. The Hall–Kier alpha value is -3.91. The van der Waals surface area contributed by atoms with Crippen molar-refractivity contribution >= 4 is 39.3 Å². The molecule has 0 saturated heterocycles. The molecule has 0 aliphatic carbocycles. The van der Waals surface area contributed by atoms with Crippen LogP contribution in [0.25, 0.3) is 10.2 Å². The Kier molecular flexibility index (Phi) is 7.72. The topological polar surface area (TPSA) is 77.3 Å². The molecule has 8 heteroatoms. The van der Waals surface area contributed by atoms with E-state index in [0.29, 0.717) is 30.5 Å². The van der Waals surface area contributed by atoms with Crippen LogP contribution in [0.1, 0.15) is 24.4 Å². The Labute approximate surface area is 202 Å². The molecule has 0 spiro atoms. The lowest BCUT2D eigenvalue weighted by Crippen LogP contribution is -2.18. The number of para-hydroxylation sites is 1. The van der Waals surface area contributed by atoms with E-state index in [1.165, 1.54) is 0 Å². The number of hydrazone groups is 1. The number of methoxy groups -OCH3 is 1. The molecule has 1 aromatic heterocycles. The average Bonchev–Trinajstić information content (AvgIpc) is 3.30. The lowest BCUT2D eigenvalue weighted by Gasteiger charge is -2.09. The molecule has 0 fully saturated rings. The van der Waals surface area contributed by atoms with Crippen molar-refractivity contribution < 1.29 is 14.2 Å². The number of nitrogens with zero attached hydrogens (tertiary/aromatic N) is 3. The van der Waals surface area contributed by atoms with Crippen molar-refractivity contribution in [1.29, 1.82) is 0 Å². The maximum absolute atomic E-state index is 5.58. The van der Waals surface area contributed by atoms with Crippen molar-refractivity contribution in [3.05, 3.63) is 77.3 Å². The van der Waals surface area contributed by atoms with Crippen molar-refractivity contribution in [3.8, 4) is 17.2 Å². The minimum Gasteiger partial charge on any atom is -0.494 e. The molecular weight excluding hydrogens is 448 g/mol. The fraction of sp³-hybridized carbons (Fsp3) is 0.192. The first-order chi connectivity index (χ1) is 16.7. The second kappa shape index (κ2) is 11.3. The van der Waals surface area contributed by atoms with E-state index < -0.39 is 0 Å². The fourth-order valence-corrected chi connectivity index (χ4v) is 4.12. The number of amidine groups is 1. The molecule has 0 bridgehead atoms. The SMILES string of the molecule is CCOc1ccc(N=C(NN=Cc2ccc(OCC)c(OC)c2)c2nc3ccccc3s2)cc1. The summed E-state index contributed by atoms with van der Waals surface area (Å²) in [6.45, 7) is 5.08. The number of aliphatic imine (C=N–C) groups is 1. The van der Waals surface area contributed by atoms with Gasteiger partial charge in [0.25, 0.3) is 0 Å². The van der Waals surface area contributed by atoms with E-state index in [9.17, 15) is 0 Å². The molecule has 4 aromatic rings. The summed E-state index contributed by atoms with van der Waals surface area (Å²) in [6, 6.07) is 21.3. The molecule has 0 unspecified atom stereocenters. The summed E-state index contributed by atoms with van der Waals surface area (Å²) in [4.78, 5) is 9.50. The van der Waals surface area contributed by atoms with Gasteiger partial charge in [-0.1, -0.05) is 12.1 Å². The summed E-state index contributed by atoms with van der Waals surface area (Å²) < 4.78 is 17.6. The molecular formula is C26H26N4O3S. The van der Waals surface area contributed by atoms with E-state index in [4.69, 9.17) is 24.2 Å². The van der Waals surface area contributed by atoms with Crippen LogP contribution in [0, 0.1) is 0 Å². The highest BCUT2D eigenvalue weighted by atomic mass is 32.1. The molecule has 0 radical (unpaired) electrons. The predicted molar refractivity (Wildman–Crippen MR) is 138 cm³/mol. The van der Waals surface area contributed by atoms with E-state index >= 15 is 0 Å². The number of hydrogen-bond acceptors (Lipinski definition) is 7. The highest BCUT2D eigenvalue weighted by Crippen LogP contribution is 2.27. The number of nitrogens with one attached hydrogen (secondary N) is 1. The smallest absolute Gasteiger partial charge is 0.183 e. The first-order valence-electron chi connectivity index (χ1n) is 11.0. The highest BCUT2D eigenvalue weighted by Gasteiger charge is 2.11. The van der Waals surface area contributed by atoms with Crippen LogP contribution >= 0.6 is 11.3 Å². The van der Waals surface area contributed by atoms with Gasteiger partial charge in [0.2, 0.25) is 0 Å². The Morgan fingerprint density at radius 1 is 0.971 bits per heavy atom. The molecule has 0 aliphatic heterocycles. The number of rotatable bonds is 9. The minimum atomic E-state index is 0.555. The average molecular weight is 475 g/mol. The maximum atomic E-state index is 5.58. The van der Waals surface area contributed by atoms with Gasteiger partial charge in [0.1, 0.15) is 5.75 Å². The molecule has 34 heavy (non-hydrogen) atoms. The van der Waals surface area contributed by atoms with Gasteiger partial charge in [-0.25, -0.2) is 9.98 Å². The Morgan fingerprint density at radius 3 is 2.50 bits per heavy atom. The van der Waals surface area contributed by atoms with Gasteiger partial charge in [-0.3, -0.25) is 5.43 Å². The fourth-order valence-electron chi connectivity index (χ4n) is 3.21. The minimum absolute atomic E-state index is 0.555. The van der Waals surface area contributed by atoms with Crippen molar-refractivity contribution in [2.24, 2.45) is 10.1 Å². The van der Waals surface area contributed by atoms with E-state index in [1.807, 2.05) is 80.6 Å². The van der Waals surface area contributed by atoms with Crippen molar-refractivity contribution in [1.82, 2.24) is 10.4 Å². The second-order valence-electron chi connectivity index (χ2n) is 7.09. The zero-order chi connectivity index (χ0) is 23.8. The standard InChI is InChI=1S/C26H26N4O3S/c1-4-32-20-13-11-19(12-14-20)28-25(26-29-21-8-6-7-9-24(21)34-26)30-27-17-18-10-15-22(33-5-2)23(16-18)31-3/h6-17H,4-5H2,1-3H3,(H,28,30). The van der Waals surface area contributed by atoms with Crippen LogP contribution in [0.2, 0.25) is 0 Å². The molecule has 1 heterocycles. The van der Waals surface area contributed by atoms with Gasteiger partial charge in [-0.05, 0) is 74.0 Å². The van der Waals surface area contributed by atoms with E-state index in [-0.39, 0.29) is 0 Å². The van der Waals surface area contributed by atoms with Crippen LogP contribution in [0.3, 0.4) is 0 Å². The summed E-state index contributed by atoms with van der Waals surface area (Å²) >= 11 is 1.56. The summed E-state index contributed by atoms with van der Waals surface area (Å²) in [5.74, 6) is 2.71. The molecule has 0 amide bonds. The normalized spacial score (nSPS) is 11.7. The van der Waals surface area contributed by atoms with Crippen molar-refractivity contribution in [3.63, 3.8) is 0 Å². The largest absolute Gasteiger partial charge is 0.494 e. The van der Waals surface area contributed by atoms with Crippen LogP contribution in [-0.2, 0) is 0 Å². The lowest BCUT2D eigenvalue weighted by molar-refractivity contribution is 0.311. The van der Waals surface area contributed by atoms with Crippen LogP contribution < -0.4 is 19.6 Å². The zero-order valence-electron chi connectivity index (χ0n) is 19.3. The molecule has 7 nitrogen and oxygen atoms in total. The number of aromatic nitrogens is 1. The number of benzene rings is 3. The van der Waals surface area contributed by atoms with Gasteiger partial charge in [0.15, 0.2) is 22.3 Å². The molecule has 0 saturated carbocycles. The summed E-state index contributed by atoms with van der Waals surface area (Å²) in [5.41, 5.74) is 5.62. The zero-order valence-corrected chi connectivity index (χ0v) is 20.1. The lowest BCUT2D eigenvalue weighted by atomic mass is 10.2. The van der Waals surface area contributed by atoms with Gasteiger partial charge < -0.3 is 14.2 Å². The third kappa shape index (κ3) is 5.71. The summed E-state index contributed by atoms with van der Waals surface area (Å²) in [5, 5.41) is 5.17. The quantitative estimate of drug-likeness (QED) is 0.188. The van der Waals surface area contributed by atoms with Gasteiger partial charge >= 0.3 is 0 Å². The summed E-state index contributed by atoms with van der Waals surface area (Å²) in [7, 11) is 1.62. The third-order valence-electron chi connectivity index (χ3n) is 4.76. The first-order valence-corrected chi connectivity index (χ1v) is 11.8. The van der Waals surface area contributed by atoms with Gasteiger partial charge in [-0.15, -0.1) is 11.3 Å². The molecule has 174 valence electrons. The van der Waals surface area contributed by atoms with Crippen LogP contribution in [-0.4, -0.2) is 37.4 Å². The molecule has 4 rings (SSSR count). The van der Waals surface area contributed by atoms with Crippen molar-refractivity contribution in [2.45, 2.75) is 13.8 Å². The van der Waals surface area contributed by atoms with Crippen molar-refractivity contribution in [2.75, 3.05) is 20.3 Å².